The van der Waals surface area contributed by atoms with Crippen LogP contribution in [0.4, 0.5) is 5.69 Å². The standard InChI is InChI=1S/C64H46N4/c1-37-38(2)48-34-56-54-32-42(40-22-26-60-52(30-40)46-18-10-12-20-58(46)66-60)24-28-62(54)68(44-15-7-4-8-16-44)64(56)36-50(48)49-35-63-55(33-47(37)49)53-31-41(23-27-61(53)67(63)43-13-5-3-6-14-43)39-21-25-59-51(29-39)45-17-9-11-19-57(45)65-59/h3-38,45,57,65-66H,1-2H3. The Morgan fingerprint density at radius 3 is 1.51 bits per heavy atom. The third kappa shape index (κ3) is 5.37. The van der Waals surface area contributed by atoms with Gasteiger partial charge in [-0.25, -0.2) is 0 Å². The van der Waals surface area contributed by atoms with Gasteiger partial charge in [-0.2, -0.15) is 0 Å². The van der Waals surface area contributed by atoms with Crippen LogP contribution in [-0.2, 0) is 0 Å². The van der Waals surface area contributed by atoms with Crippen LogP contribution < -0.4 is 5.32 Å². The quantitative estimate of drug-likeness (QED) is 0.182. The topological polar surface area (TPSA) is 37.7 Å². The Morgan fingerprint density at radius 2 is 0.882 bits per heavy atom. The number of rotatable bonds is 4. The Bertz CT molecular complexity index is 4160. The zero-order valence-electron chi connectivity index (χ0n) is 37.8. The highest BCUT2D eigenvalue weighted by molar-refractivity contribution is 6.15. The van der Waals surface area contributed by atoms with Gasteiger partial charge in [-0.1, -0.05) is 117 Å². The van der Waals surface area contributed by atoms with Crippen molar-refractivity contribution >= 4 is 71.1 Å². The minimum atomic E-state index is 0.313. The van der Waals surface area contributed by atoms with Crippen molar-refractivity contribution in [3.05, 3.63) is 223 Å². The zero-order valence-corrected chi connectivity index (χ0v) is 37.8. The molecule has 4 unspecified atom stereocenters. The summed E-state index contributed by atoms with van der Waals surface area (Å²) >= 11 is 0. The minimum absolute atomic E-state index is 0.313. The SMILES string of the molecule is CC1c2cc3c4cc(-c5ccc6c(c5)C5C=CC=CC5N6)ccc4n(-c4ccccc4)c3cc2-c2cc3c(cc2C1C)c1cc(-c2ccc4[nH]c5ccccc5c4c2)ccc1n3-c1ccccc1. The number of anilines is 1. The van der Waals surface area contributed by atoms with Gasteiger partial charge < -0.3 is 19.4 Å². The molecule has 0 amide bonds. The lowest BCUT2D eigenvalue weighted by molar-refractivity contribution is 0.617. The zero-order chi connectivity index (χ0) is 44.8. The minimum Gasteiger partial charge on any atom is -0.378 e. The molecule has 15 rings (SSSR count). The second-order valence-electron chi connectivity index (χ2n) is 19.5. The van der Waals surface area contributed by atoms with E-state index in [0.29, 0.717) is 23.8 Å². The molecule has 9 aromatic carbocycles. The van der Waals surface area contributed by atoms with Crippen molar-refractivity contribution in [1.82, 2.24) is 14.1 Å². The van der Waals surface area contributed by atoms with E-state index in [4.69, 9.17) is 0 Å². The molecule has 4 heteroatoms. The predicted octanol–water partition coefficient (Wildman–Crippen LogP) is 16.7. The van der Waals surface area contributed by atoms with E-state index in [-0.39, 0.29) is 0 Å². The summed E-state index contributed by atoms with van der Waals surface area (Å²) in [6.45, 7) is 4.88. The molecule has 0 saturated carbocycles. The first kappa shape index (κ1) is 37.8. The monoisotopic (exact) mass is 870 g/mol. The first-order valence-corrected chi connectivity index (χ1v) is 24.1. The molecule has 2 aliphatic carbocycles. The van der Waals surface area contributed by atoms with Crippen LogP contribution in [0, 0.1) is 0 Å². The van der Waals surface area contributed by atoms with Crippen molar-refractivity contribution in [3.8, 4) is 44.8 Å². The molecule has 0 fully saturated rings. The second-order valence-corrected chi connectivity index (χ2v) is 19.5. The average Bonchev–Trinajstić information content (AvgIpc) is 4.14. The molecule has 0 bridgehead atoms. The molecule has 1 aliphatic heterocycles. The third-order valence-electron chi connectivity index (χ3n) is 16.0. The number of nitrogens with one attached hydrogen (secondary N) is 2. The van der Waals surface area contributed by atoms with Crippen molar-refractivity contribution in [2.24, 2.45) is 0 Å². The van der Waals surface area contributed by atoms with Gasteiger partial charge in [0.25, 0.3) is 0 Å². The molecule has 12 aromatic rings. The van der Waals surface area contributed by atoms with Gasteiger partial charge in [0.2, 0.25) is 0 Å². The number of allylic oxidation sites excluding steroid dienone is 2. The molecule has 4 nitrogen and oxygen atoms in total. The maximum absolute atomic E-state index is 3.73. The van der Waals surface area contributed by atoms with Gasteiger partial charge in [-0.15, -0.1) is 0 Å². The van der Waals surface area contributed by atoms with Crippen LogP contribution in [-0.4, -0.2) is 20.2 Å². The summed E-state index contributed by atoms with van der Waals surface area (Å²) in [5, 5.41) is 11.4. The number of aromatic amines is 1. The molecular weight excluding hydrogens is 825 g/mol. The number of benzene rings is 9. The molecule has 4 heterocycles. The normalized spacial score (nSPS) is 18.1. The van der Waals surface area contributed by atoms with Gasteiger partial charge in [0.1, 0.15) is 0 Å². The lowest BCUT2D eigenvalue weighted by atomic mass is 9.72. The fourth-order valence-corrected chi connectivity index (χ4v) is 12.4. The summed E-state index contributed by atoms with van der Waals surface area (Å²) in [7, 11) is 0. The molecule has 4 atom stereocenters. The Kier molecular flexibility index (Phi) is 7.84. The summed E-state index contributed by atoms with van der Waals surface area (Å²) in [5.41, 5.74) is 22.6. The fourth-order valence-electron chi connectivity index (χ4n) is 12.4. The maximum Gasteiger partial charge on any atom is 0.0551 e. The highest BCUT2D eigenvalue weighted by Crippen LogP contribution is 2.52. The van der Waals surface area contributed by atoms with Crippen molar-refractivity contribution in [2.75, 3.05) is 5.32 Å². The summed E-state index contributed by atoms with van der Waals surface area (Å²) in [6, 6.07) is 68.9. The number of nitrogens with zero attached hydrogens (tertiary/aromatic N) is 2. The number of fused-ring (bicyclic) bond motifs is 15. The summed E-state index contributed by atoms with van der Waals surface area (Å²) < 4.78 is 4.97. The number of hydrogen-bond donors (Lipinski definition) is 2. The Morgan fingerprint density at radius 1 is 0.382 bits per heavy atom. The number of para-hydroxylation sites is 3. The molecular formula is C64H46N4. The number of H-pyrrole nitrogens is 1. The molecule has 0 radical (unpaired) electrons. The van der Waals surface area contributed by atoms with E-state index in [1.165, 1.54) is 133 Å². The van der Waals surface area contributed by atoms with E-state index in [2.05, 4.69) is 240 Å². The van der Waals surface area contributed by atoms with Gasteiger partial charge in [0.05, 0.1) is 28.1 Å². The summed E-state index contributed by atoms with van der Waals surface area (Å²) in [4.78, 5) is 3.62. The van der Waals surface area contributed by atoms with Crippen LogP contribution in [0.25, 0.3) is 110 Å². The van der Waals surface area contributed by atoms with Gasteiger partial charge in [-0.05, 0) is 165 Å². The van der Waals surface area contributed by atoms with Crippen molar-refractivity contribution < 1.29 is 0 Å². The van der Waals surface area contributed by atoms with E-state index in [9.17, 15) is 0 Å². The maximum atomic E-state index is 3.73. The Labute approximate surface area is 394 Å². The molecule has 0 saturated heterocycles. The molecule has 322 valence electrons. The third-order valence-corrected chi connectivity index (χ3v) is 16.0. The van der Waals surface area contributed by atoms with E-state index < -0.39 is 0 Å². The Hall–Kier alpha value is -8.34. The van der Waals surface area contributed by atoms with Gasteiger partial charge in [-0.3, -0.25) is 0 Å². The highest BCUT2D eigenvalue weighted by atomic mass is 15.0. The Balaban J connectivity index is 0.939. The predicted molar refractivity (Wildman–Crippen MR) is 286 cm³/mol. The first-order chi connectivity index (χ1) is 33.5. The molecule has 3 aliphatic rings. The van der Waals surface area contributed by atoms with Crippen LogP contribution >= 0.6 is 0 Å². The molecule has 2 N–H and O–H groups in total. The number of hydrogen-bond acceptors (Lipinski definition) is 1. The van der Waals surface area contributed by atoms with Crippen LogP contribution in [0.2, 0.25) is 0 Å². The van der Waals surface area contributed by atoms with E-state index in [1.807, 2.05) is 0 Å². The largest absolute Gasteiger partial charge is 0.378 e. The summed E-state index contributed by atoms with van der Waals surface area (Å²) in [6.07, 6.45) is 8.96. The summed E-state index contributed by atoms with van der Waals surface area (Å²) in [5.74, 6) is 0.983. The second kappa shape index (κ2) is 14.1. The van der Waals surface area contributed by atoms with Crippen LogP contribution in [0.5, 0.6) is 0 Å². The molecule has 3 aromatic heterocycles. The highest BCUT2D eigenvalue weighted by Gasteiger charge is 2.32. The van der Waals surface area contributed by atoms with Crippen LogP contribution in [0.15, 0.2) is 206 Å². The fraction of sp³-hybridized carbons (Fsp3) is 0.0938. The van der Waals surface area contributed by atoms with Gasteiger partial charge >= 0.3 is 0 Å². The smallest absolute Gasteiger partial charge is 0.0551 e. The van der Waals surface area contributed by atoms with Gasteiger partial charge in [0, 0.05) is 66.3 Å². The van der Waals surface area contributed by atoms with Gasteiger partial charge in [0.15, 0.2) is 0 Å². The van der Waals surface area contributed by atoms with Crippen molar-refractivity contribution in [1.29, 1.82) is 0 Å². The lowest BCUT2D eigenvalue weighted by Gasteiger charge is -2.32. The van der Waals surface area contributed by atoms with E-state index >= 15 is 0 Å². The molecule has 0 spiro atoms. The molecule has 68 heavy (non-hydrogen) atoms. The van der Waals surface area contributed by atoms with Crippen molar-refractivity contribution in [3.63, 3.8) is 0 Å². The van der Waals surface area contributed by atoms with Crippen molar-refractivity contribution in [2.45, 2.75) is 37.6 Å². The number of aromatic nitrogens is 3. The first-order valence-electron chi connectivity index (χ1n) is 24.1. The van der Waals surface area contributed by atoms with E-state index in [0.717, 1.165) is 0 Å². The lowest BCUT2D eigenvalue weighted by Crippen LogP contribution is -2.17. The average molecular weight is 871 g/mol. The van der Waals surface area contributed by atoms with Crippen LogP contribution in [0.3, 0.4) is 0 Å². The van der Waals surface area contributed by atoms with Crippen LogP contribution in [0.1, 0.15) is 48.3 Å². The van der Waals surface area contributed by atoms with E-state index in [1.54, 1.807) is 0 Å².